The number of thiocarbonyl (C=S) groups is 1. The molecule has 1 aromatic carbocycles. The maximum Gasteiger partial charge on any atom is 0.307 e. The van der Waals surface area contributed by atoms with E-state index in [0.29, 0.717) is 14.8 Å². The Morgan fingerprint density at radius 1 is 1.48 bits per heavy atom. The monoisotopic (exact) mass is 325 g/mol. The van der Waals surface area contributed by atoms with Gasteiger partial charge in [-0.25, -0.2) is 4.39 Å². The Kier molecular flexibility index (Phi) is 5.08. The first-order valence-electron chi connectivity index (χ1n) is 6.09. The molecule has 1 aromatic rings. The van der Waals surface area contributed by atoms with Crippen molar-refractivity contribution in [2.75, 3.05) is 13.7 Å². The summed E-state index contributed by atoms with van der Waals surface area (Å²) in [5.74, 6) is -1.14. The Labute approximate surface area is 130 Å². The summed E-state index contributed by atoms with van der Waals surface area (Å²) in [6.07, 6.45) is 1.53. The zero-order chi connectivity index (χ0) is 15.4. The molecule has 110 valence electrons. The average molecular weight is 325 g/mol. The molecule has 0 bridgehead atoms. The van der Waals surface area contributed by atoms with Gasteiger partial charge in [0.2, 0.25) is 0 Å². The number of rotatable bonds is 4. The molecule has 1 fully saturated rings. The summed E-state index contributed by atoms with van der Waals surface area (Å²) >= 11 is 6.21. The maximum atomic E-state index is 13.6. The first kappa shape index (κ1) is 15.7. The normalized spacial score (nSPS) is 16.7. The van der Waals surface area contributed by atoms with Gasteiger partial charge in [-0.2, -0.15) is 0 Å². The lowest BCUT2D eigenvalue weighted by molar-refractivity contribution is -0.140. The fraction of sp³-hybridized carbons (Fsp3) is 0.214. The molecule has 0 N–H and O–H groups in total. The van der Waals surface area contributed by atoms with Crippen molar-refractivity contribution in [2.45, 2.75) is 6.42 Å². The van der Waals surface area contributed by atoms with Crippen LogP contribution in [0.1, 0.15) is 12.0 Å². The Hall–Kier alpha value is -1.73. The van der Waals surface area contributed by atoms with Crippen LogP contribution >= 0.6 is 24.0 Å². The van der Waals surface area contributed by atoms with Crippen molar-refractivity contribution in [3.8, 4) is 0 Å². The van der Waals surface area contributed by atoms with Crippen molar-refractivity contribution in [1.29, 1.82) is 0 Å². The fourth-order valence-corrected chi connectivity index (χ4v) is 3.03. The molecule has 1 amide bonds. The van der Waals surface area contributed by atoms with Gasteiger partial charge in [-0.1, -0.05) is 42.2 Å². The minimum atomic E-state index is -0.415. The van der Waals surface area contributed by atoms with E-state index >= 15 is 0 Å². The van der Waals surface area contributed by atoms with E-state index in [-0.39, 0.29) is 18.9 Å². The highest BCUT2D eigenvalue weighted by molar-refractivity contribution is 8.26. The number of halogens is 1. The van der Waals surface area contributed by atoms with E-state index < -0.39 is 11.8 Å². The largest absolute Gasteiger partial charge is 0.469 e. The van der Waals surface area contributed by atoms with Gasteiger partial charge in [0.05, 0.1) is 18.4 Å². The van der Waals surface area contributed by atoms with Crippen LogP contribution in [0.5, 0.6) is 0 Å². The van der Waals surface area contributed by atoms with Crippen LogP contribution < -0.4 is 0 Å². The molecule has 0 aliphatic carbocycles. The third-order valence-electron chi connectivity index (χ3n) is 2.83. The third kappa shape index (κ3) is 3.68. The highest BCUT2D eigenvalue weighted by atomic mass is 32.2. The standard InChI is InChI=1S/C14H12FNO3S2/c1-19-12(17)6-7-16-13(18)11(21-14(16)20)8-9-4-2-3-5-10(9)15/h2-5,8H,6-7H2,1H3. The first-order chi connectivity index (χ1) is 10.0. The molecule has 1 aliphatic heterocycles. The van der Waals surface area contributed by atoms with E-state index in [1.807, 2.05) is 0 Å². The van der Waals surface area contributed by atoms with Crippen LogP contribution in [0.2, 0.25) is 0 Å². The second-order valence-electron chi connectivity index (χ2n) is 4.18. The number of nitrogens with zero attached hydrogens (tertiary/aromatic N) is 1. The second-order valence-corrected chi connectivity index (χ2v) is 5.86. The molecule has 4 nitrogen and oxygen atoms in total. The molecular weight excluding hydrogens is 313 g/mol. The smallest absolute Gasteiger partial charge is 0.307 e. The Morgan fingerprint density at radius 3 is 2.86 bits per heavy atom. The summed E-state index contributed by atoms with van der Waals surface area (Å²) < 4.78 is 18.5. The number of carbonyl (C=O) groups is 2. The van der Waals surface area contributed by atoms with E-state index in [2.05, 4.69) is 4.74 Å². The lowest BCUT2D eigenvalue weighted by Crippen LogP contribution is -2.30. The number of hydrogen-bond donors (Lipinski definition) is 0. The summed E-state index contributed by atoms with van der Waals surface area (Å²) in [7, 11) is 1.28. The topological polar surface area (TPSA) is 46.6 Å². The minimum Gasteiger partial charge on any atom is -0.469 e. The van der Waals surface area contributed by atoms with E-state index in [9.17, 15) is 14.0 Å². The fourth-order valence-electron chi connectivity index (χ4n) is 1.73. The second kappa shape index (κ2) is 6.82. The van der Waals surface area contributed by atoms with Crippen LogP contribution in [-0.2, 0) is 14.3 Å². The van der Waals surface area contributed by atoms with Gasteiger partial charge in [0, 0.05) is 12.1 Å². The van der Waals surface area contributed by atoms with Crippen molar-refractivity contribution in [1.82, 2.24) is 4.90 Å². The molecule has 1 saturated heterocycles. The molecule has 1 aliphatic rings. The van der Waals surface area contributed by atoms with Crippen molar-refractivity contribution in [3.63, 3.8) is 0 Å². The van der Waals surface area contributed by atoms with Crippen LogP contribution in [-0.4, -0.2) is 34.8 Å². The molecule has 0 radical (unpaired) electrons. The van der Waals surface area contributed by atoms with Crippen molar-refractivity contribution in [2.24, 2.45) is 0 Å². The first-order valence-corrected chi connectivity index (χ1v) is 7.32. The summed E-state index contributed by atoms with van der Waals surface area (Å²) in [6, 6.07) is 6.17. The molecule has 0 atom stereocenters. The number of benzene rings is 1. The van der Waals surface area contributed by atoms with Crippen LogP contribution in [0.4, 0.5) is 4.39 Å². The van der Waals surface area contributed by atoms with E-state index in [1.54, 1.807) is 18.2 Å². The van der Waals surface area contributed by atoms with Gasteiger partial charge in [0.25, 0.3) is 5.91 Å². The minimum absolute atomic E-state index is 0.0654. The van der Waals surface area contributed by atoms with E-state index in [0.717, 1.165) is 11.8 Å². The van der Waals surface area contributed by atoms with Gasteiger partial charge < -0.3 is 4.74 Å². The van der Waals surface area contributed by atoms with Gasteiger partial charge in [0.1, 0.15) is 10.1 Å². The van der Waals surface area contributed by atoms with Crippen LogP contribution in [0.15, 0.2) is 29.2 Å². The van der Waals surface area contributed by atoms with E-state index in [4.69, 9.17) is 12.2 Å². The summed E-state index contributed by atoms with van der Waals surface area (Å²) in [5, 5.41) is 0. The lowest BCUT2D eigenvalue weighted by atomic mass is 10.2. The zero-order valence-corrected chi connectivity index (χ0v) is 12.8. The predicted octanol–water partition coefficient (Wildman–Crippen LogP) is 2.59. The highest BCUT2D eigenvalue weighted by Gasteiger charge is 2.32. The maximum absolute atomic E-state index is 13.6. The summed E-state index contributed by atoms with van der Waals surface area (Å²) in [4.78, 5) is 25.0. The number of amides is 1. The quantitative estimate of drug-likeness (QED) is 0.484. The summed E-state index contributed by atoms with van der Waals surface area (Å²) in [5.41, 5.74) is 0.325. The number of esters is 1. The van der Waals surface area contributed by atoms with Gasteiger partial charge in [-0.05, 0) is 12.1 Å². The summed E-state index contributed by atoms with van der Waals surface area (Å²) in [6.45, 7) is 0.159. The number of carbonyl (C=O) groups excluding carboxylic acids is 2. The molecule has 0 saturated carbocycles. The van der Waals surface area contributed by atoms with Gasteiger partial charge in [-0.3, -0.25) is 14.5 Å². The van der Waals surface area contributed by atoms with Crippen LogP contribution in [0.3, 0.4) is 0 Å². The lowest BCUT2D eigenvalue weighted by Gasteiger charge is -2.12. The average Bonchev–Trinajstić information content (AvgIpc) is 2.73. The Balaban J connectivity index is 2.14. The van der Waals surface area contributed by atoms with Crippen molar-refractivity contribution < 1.29 is 18.7 Å². The van der Waals surface area contributed by atoms with E-state index in [1.165, 1.54) is 24.2 Å². The molecule has 7 heteroatoms. The Bertz CT molecular complexity index is 630. The Morgan fingerprint density at radius 2 is 2.19 bits per heavy atom. The van der Waals surface area contributed by atoms with Crippen LogP contribution in [0.25, 0.3) is 6.08 Å². The number of methoxy groups -OCH3 is 1. The molecule has 1 heterocycles. The highest BCUT2D eigenvalue weighted by Crippen LogP contribution is 2.32. The number of thioether (sulfide) groups is 1. The number of ether oxygens (including phenoxy) is 1. The zero-order valence-electron chi connectivity index (χ0n) is 11.2. The van der Waals surface area contributed by atoms with Gasteiger partial charge in [-0.15, -0.1) is 0 Å². The molecule has 0 aromatic heterocycles. The van der Waals surface area contributed by atoms with Crippen LogP contribution in [0, 0.1) is 5.82 Å². The third-order valence-corrected chi connectivity index (χ3v) is 4.21. The molecule has 0 spiro atoms. The molecule has 2 rings (SSSR count). The molecule has 21 heavy (non-hydrogen) atoms. The SMILES string of the molecule is COC(=O)CCN1C(=O)C(=Cc2ccccc2F)SC1=S. The van der Waals surface area contributed by atoms with Crippen molar-refractivity contribution >= 4 is 46.3 Å². The van der Waals surface area contributed by atoms with Crippen molar-refractivity contribution in [3.05, 3.63) is 40.6 Å². The van der Waals surface area contributed by atoms with Gasteiger partial charge >= 0.3 is 5.97 Å². The molecule has 0 unspecified atom stereocenters. The predicted molar refractivity (Wildman–Crippen MR) is 82.9 cm³/mol. The number of hydrogen-bond acceptors (Lipinski definition) is 5. The van der Waals surface area contributed by atoms with Gasteiger partial charge in [0.15, 0.2) is 0 Å². The molecular formula is C14H12FNO3S2.